The Morgan fingerprint density at radius 1 is 0.765 bits per heavy atom. The number of ether oxygens (including phenoxy) is 1. The van der Waals surface area contributed by atoms with Gasteiger partial charge in [-0.1, -0.05) is 0 Å². The summed E-state index contributed by atoms with van der Waals surface area (Å²) in [5, 5.41) is 0. The first-order valence-electron chi connectivity index (χ1n) is 9.30. The van der Waals surface area contributed by atoms with E-state index in [0.29, 0.717) is 6.08 Å². The van der Waals surface area contributed by atoms with E-state index >= 15 is 0 Å². The normalized spacial score (nSPS) is 15.4. The summed E-state index contributed by atoms with van der Waals surface area (Å²) in [5.41, 5.74) is 0. The van der Waals surface area contributed by atoms with Gasteiger partial charge in [-0.3, -0.25) is 0 Å². The summed E-state index contributed by atoms with van der Waals surface area (Å²) in [4.78, 5) is 11.5. The van der Waals surface area contributed by atoms with Crippen LogP contribution in [-0.4, -0.2) is 56.7 Å². The molecular weight excluding hydrogens is 527 g/mol. The van der Waals surface area contributed by atoms with E-state index in [1.54, 1.807) is 0 Å². The van der Waals surface area contributed by atoms with Gasteiger partial charge in [-0.15, -0.1) is 0 Å². The zero-order chi connectivity index (χ0) is 27.6. The van der Waals surface area contributed by atoms with Crippen molar-refractivity contribution < 1.29 is 71.0 Å². The van der Waals surface area contributed by atoms with Crippen molar-refractivity contribution in [3.05, 3.63) is 11.8 Å². The number of halogens is 13. The lowest BCUT2D eigenvalue weighted by Gasteiger charge is -2.39. The summed E-state index contributed by atoms with van der Waals surface area (Å²) >= 11 is 0. The van der Waals surface area contributed by atoms with Crippen molar-refractivity contribution in [1.82, 2.24) is 0 Å². The summed E-state index contributed by atoms with van der Waals surface area (Å²) in [7, 11) is -2.56. The number of alkyl halides is 13. The maximum absolute atomic E-state index is 13.9. The van der Waals surface area contributed by atoms with Gasteiger partial charge in [-0.05, 0) is 33.0 Å². The maximum Gasteiger partial charge on any atom is 0.460 e. The molecule has 0 aromatic carbocycles. The van der Waals surface area contributed by atoms with E-state index in [0.717, 1.165) is 0 Å². The monoisotopic (exact) mass is 548 g/mol. The highest BCUT2D eigenvalue weighted by atomic mass is 28.4. The molecule has 0 aliphatic heterocycles. The second kappa shape index (κ2) is 10.1. The van der Waals surface area contributed by atoms with Crippen LogP contribution in [0.5, 0.6) is 0 Å². The summed E-state index contributed by atoms with van der Waals surface area (Å²) in [6, 6.07) is 0. The Morgan fingerprint density at radius 2 is 1.21 bits per heavy atom. The predicted octanol–water partition coefficient (Wildman–Crippen LogP) is 7.19. The molecule has 0 bridgehead atoms. The molecule has 0 amide bonds. The summed E-state index contributed by atoms with van der Waals surface area (Å²) < 4.78 is 180. The van der Waals surface area contributed by atoms with Crippen LogP contribution < -0.4 is 0 Å². The summed E-state index contributed by atoms with van der Waals surface area (Å²) in [6.45, 7) is 5.88. The molecule has 0 unspecified atom stereocenters. The van der Waals surface area contributed by atoms with Crippen LogP contribution in [0.25, 0.3) is 0 Å². The van der Waals surface area contributed by atoms with Gasteiger partial charge in [0.25, 0.3) is 0 Å². The third-order valence-corrected chi connectivity index (χ3v) is 4.79. The van der Waals surface area contributed by atoms with Crippen molar-refractivity contribution >= 4 is 14.3 Å². The number of carbonyl (C=O) groups excluding carboxylic acids is 1. The molecule has 17 heteroatoms. The van der Waals surface area contributed by atoms with Gasteiger partial charge >= 0.3 is 41.8 Å². The molecule has 0 heterocycles. The van der Waals surface area contributed by atoms with E-state index in [2.05, 4.69) is 4.74 Å². The van der Waals surface area contributed by atoms with Crippen molar-refractivity contribution in [1.29, 1.82) is 0 Å². The van der Waals surface area contributed by atoms with Crippen LogP contribution in [-0.2, 0) is 14.0 Å². The molecule has 34 heavy (non-hydrogen) atoms. The van der Waals surface area contributed by atoms with Crippen molar-refractivity contribution in [3.8, 4) is 0 Å². The standard InChI is InChI=1S/C17H21F13O3Si/c1-5-32-11(31)9-10(33-34(2,3)4)7-6-8-12(18,19)13(20,21)14(22,23)15(24,25)16(26,27)17(28,29)30/h9H,5-8H2,1-4H3/b10-9+. The molecule has 0 aromatic rings. The number of allylic oxidation sites excluding steroid dienone is 1. The average Bonchev–Trinajstić information content (AvgIpc) is 2.58. The molecule has 202 valence electrons. The zero-order valence-electron chi connectivity index (χ0n) is 18.0. The lowest BCUT2D eigenvalue weighted by molar-refractivity contribution is -0.440. The third kappa shape index (κ3) is 6.71. The molecule has 0 aromatic heterocycles. The average molecular weight is 548 g/mol. The van der Waals surface area contributed by atoms with E-state index in [9.17, 15) is 61.9 Å². The van der Waals surface area contributed by atoms with E-state index in [-0.39, 0.29) is 6.61 Å². The first kappa shape index (κ1) is 32.3. The van der Waals surface area contributed by atoms with Gasteiger partial charge in [0.1, 0.15) is 0 Å². The Morgan fingerprint density at radius 3 is 1.59 bits per heavy atom. The molecular formula is C17H21F13O3Si. The van der Waals surface area contributed by atoms with Gasteiger partial charge in [0.05, 0.1) is 18.4 Å². The first-order chi connectivity index (χ1) is 14.8. The SMILES string of the molecule is CCOC(=O)/C=C(\CCCC(F)(F)C(F)(F)C(F)(F)C(F)(F)C(F)(F)C(F)(F)F)O[Si](C)(C)C. The van der Waals surface area contributed by atoms with E-state index < -0.39 is 75.1 Å². The number of hydrogen-bond donors (Lipinski definition) is 0. The molecule has 0 N–H and O–H groups in total. The molecule has 0 fully saturated rings. The van der Waals surface area contributed by atoms with Crippen LogP contribution in [0.1, 0.15) is 26.2 Å². The van der Waals surface area contributed by atoms with Gasteiger partial charge in [0, 0.05) is 12.8 Å². The van der Waals surface area contributed by atoms with Crippen molar-refractivity contribution in [2.45, 2.75) is 81.6 Å². The fourth-order valence-electron chi connectivity index (χ4n) is 2.30. The number of carbonyl (C=O) groups is 1. The Balaban J connectivity index is 5.86. The lowest BCUT2D eigenvalue weighted by atomic mass is 9.91. The van der Waals surface area contributed by atoms with E-state index in [1.165, 1.54) is 26.6 Å². The molecule has 0 radical (unpaired) electrons. The lowest BCUT2D eigenvalue weighted by Crippen LogP contribution is -2.70. The molecule has 0 aliphatic rings. The molecule has 0 atom stereocenters. The second-order valence-corrected chi connectivity index (χ2v) is 12.4. The Labute approximate surface area is 186 Å². The predicted molar refractivity (Wildman–Crippen MR) is 93.8 cm³/mol. The van der Waals surface area contributed by atoms with E-state index in [1.807, 2.05) is 0 Å². The Hall–Kier alpha value is -1.68. The van der Waals surface area contributed by atoms with Crippen LogP contribution in [0.2, 0.25) is 19.6 Å². The first-order valence-corrected chi connectivity index (χ1v) is 12.7. The highest BCUT2D eigenvalue weighted by Crippen LogP contribution is 2.60. The van der Waals surface area contributed by atoms with Gasteiger partial charge in [0.2, 0.25) is 8.32 Å². The van der Waals surface area contributed by atoms with Crippen molar-refractivity contribution in [3.63, 3.8) is 0 Å². The molecule has 0 saturated carbocycles. The smallest absolute Gasteiger partial charge is 0.460 e. The van der Waals surface area contributed by atoms with Gasteiger partial charge in [-0.2, -0.15) is 57.1 Å². The minimum Gasteiger partial charge on any atom is -0.547 e. The second-order valence-electron chi connectivity index (χ2n) is 7.93. The third-order valence-electron chi connectivity index (χ3n) is 3.92. The van der Waals surface area contributed by atoms with Crippen molar-refractivity contribution in [2.24, 2.45) is 0 Å². The topological polar surface area (TPSA) is 35.5 Å². The fraction of sp³-hybridized carbons (Fsp3) is 0.824. The summed E-state index contributed by atoms with van der Waals surface area (Å²) in [5.74, 6) is -38.5. The highest BCUT2D eigenvalue weighted by Gasteiger charge is 2.90. The van der Waals surface area contributed by atoms with Gasteiger partial charge in [0.15, 0.2) is 0 Å². The Kier molecular flexibility index (Phi) is 9.62. The Bertz CT molecular complexity index is 740. The van der Waals surface area contributed by atoms with Crippen LogP contribution in [0.4, 0.5) is 57.1 Å². The molecule has 0 saturated heterocycles. The minimum absolute atomic E-state index is 0.133. The van der Waals surface area contributed by atoms with E-state index in [4.69, 9.17) is 4.43 Å². The van der Waals surface area contributed by atoms with Crippen LogP contribution in [0.3, 0.4) is 0 Å². The quantitative estimate of drug-likeness (QED) is 0.0852. The maximum atomic E-state index is 13.9. The summed E-state index contributed by atoms with van der Waals surface area (Å²) in [6.07, 6.45) is -11.2. The molecule has 3 nitrogen and oxygen atoms in total. The molecule has 0 spiro atoms. The molecule has 0 rings (SSSR count). The van der Waals surface area contributed by atoms with Crippen LogP contribution in [0.15, 0.2) is 11.8 Å². The number of esters is 1. The van der Waals surface area contributed by atoms with Crippen LogP contribution in [0, 0.1) is 0 Å². The fourth-order valence-corrected chi connectivity index (χ4v) is 3.25. The van der Waals surface area contributed by atoms with Gasteiger partial charge < -0.3 is 9.16 Å². The van der Waals surface area contributed by atoms with Crippen LogP contribution >= 0.6 is 0 Å². The number of rotatable bonds is 12. The largest absolute Gasteiger partial charge is 0.547 e. The highest BCUT2D eigenvalue weighted by molar-refractivity contribution is 6.70. The van der Waals surface area contributed by atoms with Crippen molar-refractivity contribution in [2.75, 3.05) is 6.61 Å². The zero-order valence-corrected chi connectivity index (χ0v) is 19.0. The molecule has 0 aliphatic carbocycles. The van der Waals surface area contributed by atoms with Gasteiger partial charge in [-0.25, -0.2) is 4.79 Å². The number of hydrogen-bond acceptors (Lipinski definition) is 3. The minimum atomic E-state index is -7.93.